The maximum Gasteiger partial charge on any atom is 0.243 e. The molecule has 1 aliphatic rings. The molecule has 2 atom stereocenters. The van der Waals surface area contributed by atoms with Gasteiger partial charge in [0.05, 0.1) is 23.4 Å². The van der Waals surface area contributed by atoms with E-state index in [0.29, 0.717) is 18.1 Å². The lowest BCUT2D eigenvalue weighted by Gasteiger charge is -2.09. The molecule has 3 rings (SSSR count). The van der Waals surface area contributed by atoms with Crippen molar-refractivity contribution in [3.05, 3.63) is 35.2 Å². The Bertz CT molecular complexity index is 702. The second-order valence-corrected chi connectivity index (χ2v) is 6.04. The van der Waals surface area contributed by atoms with Crippen LogP contribution in [0.15, 0.2) is 23.6 Å². The molecule has 1 fully saturated rings. The molecular formula is C15H15F2N3O2S. The summed E-state index contributed by atoms with van der Waals surface area (Å²) in [5.74, 6) is -1.61. The summed E-state index contributed by atoms with van der Waals surface area (Å²) in [5, 5.41) is 7.53. The average Bonchev–Trinajstić information content (AvgIpc) is 3.16. The number of halogens is 2. The molecule has 0 radical (unpaired) electrons. The van der Waals surface area contributed by atoms with Crippen LogP contribution in [0.2, 0.25) is 0 Å². The minimum atomic E-state index is -0.687. The number of hydrogen-bond donors (Lipinski definition) is 2. The lowest BCUT2D eigenvalue weighted by atomic mass is 10.1. The molecule has 2 N–H and O–H groups in total. The number of carbonyl (C=O) groups excluding carboxylic acids is 1. The number of aromatic nitrogens is 1. The Morgan fingerprint density at radius 1 is 1.43 bits per heavy atom. The summed E-state index contributed by atoms with van der Waals surface area (Å²) in [4.78, 5) is 16.2. The van der Waals surface area contributed by atoms with Crippen molar-refractivity contribution in [3.8, 4) is 11.3 Å². The summed E-state index contributed by atoms with van der Waals surface area (Å²) in [6, 6.07) is 3.27. The molecule has 1 aliphatic heterocycles. The van der Waals surface area contributed by atoms with Gasteiger partial charge in [-0.2, -0.15) is 0 Å². The zero-order valence-electron chi connectivity index (χ0n) is 12.3. The second-order valence-electron chi connectivity index (χ2n) is 5.18. The molecular weight excluding hydrogens is 324 g/mol. The topological polar surface area (TPSA) is 63.2 Å². The highest BCUT2D eigenvalue weighted by Crippen LogP contribution is 2.29. The number of hydrogen-bond acceptors (Lipinski definition) is 5. The molecule has 0 spiro atoms. The molecule has 1 amide bonds. The molecule has 1 aromatic carbocycles. The van der Waals surface area contributed by atoms with Crippen molar-refractivity contribution in [2.75, 3.05) is 19.0 Å². The highest BCUT2D eigenvalue weighted by Gasteiger charge is 2.29. The highest BCUT2D eigenvalue weighted by molar-refractivity contribution is 7.14. The summed E-state index contributed by atoms with van der Waals surface area (Å²) >= 11 is 1.12. The van der Waals surface area contributed by atoms with Gasteiger partial charge in [0.15, 0.2) is 5.13 Å². The van der Waals surface area contributed by atoms with Crippen molar-refractivity contribution < 1.29 is 18.3 Å². The van der Waals surface area contributed by atoms with Crippen molar-refractivity contribution in [1.82, 2.24) is 10.3 Å². The zero-order chi connectivity index (χ0) is 16.4. The third kappa shape index (κ3) is 3.39. The van der Waals surface area contributed by atoms with E-state index < -0.39 is 11.6 Å². The standard InChI is InChI=1S/C15H15F2N3O2S/c1-22-8-5-11(18-6-8)14(21)20-15-19-12(7-23-15)13-9(16)3-2-4-10(13)17/h2-4,7-8,11,18H,5-6H2,1H3,(H,19,20,21)/t8-,11+/m0/s1. The van der Waals surface area contributed by atoms with Gasteiger partial charge in [-0.1, -0.05) is 6.07 Å². The van der Waals surface area contributed by atoms with E-state index in [1.54, 1.807) is 7.11 Å². The molecule has 1 aromatic heterocycles. The van der Waals surface area contributed by atoms with Crippen molar-refractivity contribution in [3.63, 3.8) is 0 Å². The van der Waals surface area contributed by atoms with E-state index in [1.165, 1.54) is 23.6 Å². The first-order valence-electron chi connectivity index (χ1n) is 7.05. The highest BCUT2D eigenvalue weighted by atomic mass is 32.1. The van der Waals surface area contributed by atoms with Crippen molar-refractivity contribution in [2.45, 2.75) is 18.6 Å². The first-order chi connectivity index (χ1) is 11.1. The minimum absolute atomic E-state index is 0.00474. The second kappa shape index (κ2) is 6.69. The predicted octanol–water partition coefficient (Wildman–Crippen LogP) is 2.40. The van der Waals surface area contributed by atoms with Crippen LogP contribution in [-0.4, -0.2) is 36.7 Å². The summed E-state index contributed by atoms with van der Waals surface area (Å²) in [6.45, 7) is 0.609. The lowest BCUT2D eigenvalue weighted by molar-refractivity contribution is -0.118. The SMILES string of the molecule is CO[C@@H]1CN[C@@H](C(=O)Nc2nc(-c3c(F)cccc3F)cs2)C1. The number of nitrogens with one attached hydrogen (secondary N) is 2. The maximum absolute atomic E-state index is 13.7. The number of nitrogens with zero attached hydrogens (tertiary/aromatic N) is 1. The van der Waals surface area contributed by atoms with E-state index in [9.17, 15) is 13.6 Å². The Kier molecular flexibility index (Phi) is 4.65. The number of anilines is 1. The third-order valence-electron chi connectivity index (χ3n) is 3.69. The first kappa shape index (κ1) is 16.0. The van der Waals surface area contributed by atoms with Crippen molar-refractivity contribution >= 4 is 22.4 Å². The van der Waals surface area contributed by atoms with E-state index in [1.807, 2.05) is 0 Å². The molecule has 122 valence electrons. The van der Waals surface area contributed by atoms with E-state index in [4.69, 9.17) is 4.74 Å². The van der Waals surface area contributed by atoms with Gasteiger partial charge < -0.3 is 15.4 Å². The summed E-state index contributed by atoms with van der Waals surface area (Å²) in [7, 11) is 1.60. The fraction of sp³-hybridized carbons (Fsp3) is 0.333. The molecule has 0 aliphatic carbocycles. The van der Waals surface area contributed by atoms with Gasteiger partial charge in [-0.05, 0) is 18.6 Å². The average molecular weight is 339 g/mol. The Balaban J connectivity index is 1.72. The van der Waals surface area contributed by atoms with Crippen molar-refractivity contribution in [1.29, 1.82) is 0 Å². The van der Waals surface area contributed by atoms with Gasteiger partial charge in [0, 0.05) is 19.0 Å². The van der Waals surface area contributed by atoms with Gasteiger partial charge in [-0.3, -0.25) is 4.79 Å². The third-order valence-corrected chi connectivity index (χ3v) is 4.45. The zero-order valence-corrected chi connectivity index (χ0v) is 13.1. The largest absolute Gasteiger partial charge is 0.380 e. The van der Waals surface area contributed by atoms with Gasteiger partial charge in [0.1, 0.15) is 11.6 Å². The molecule has 0 saturated carbocycles. The van der Waals surface area contributed by atoms with Crippen LogP contribution >= 0.6 is 11.3 Å². The van der Waals surface area contributed by atoms with Gasteiger partial charge in [0.2, 0.25) is 5.91 Å². The molecule has 23 heavy (non-hydrogen) atoms. The first-order valence-corrected chi connectivity index (χ1v) is 7.93. The fourth-order valence-corrected chi connectivity index (χ4v) is 3.17. The van der Waals surface area contributed by atoms with Crippen LogP contribution in [0, 0.1) is 11.6 Å². The number of ether oxygens (including phenoxy) is 1. The van der Waals surface area contributed by atoms with Crippen molar-refractivity contribution in [2.24, 2.45) is 0 Å². The Morgan fingerprint density at radius 3 is 2.83 bits per heavy atom. The molecule has 2 heterocycles. The predicted molar refractivity (Wildman–Crippen MR) is 83.3 cm³/mol. The quantitative estimate of drug-likeness (QED) is 0.898. The van der Waals surface area contributed by atoms with Crippen LogP contribution in [0.25, 0.3) is 11.3 Å². The van der Waals surface area contributed by atoms with Crippen LogP contribution in [0.1, 0.15) is 6.42 Å². The molecule has 5 nitrogen and oxygen atoms in total. The van der Waals surface area contributed by atoms with Crippen LogP contribution in [-0.2, 0) is 9.53 Å². The molecule has 8 heteroatoms. The van der Waals surface area contributed by atoms with Gasteiger partial charge >= 0.3 is 0 Å². The van der Waals surface area contributed by atoms with Gasteiger partial charge in [0.25, 0.3) is 0 Å². The molecule has 0 bridgehead atoms. The molecule has 1 saturated heterocycles. The summed E-state index contributed by atoms with van der Waals surface area (Å²) in [6.07, 6.45) is 0.577. The Morgan fingerprint density at radius 2 is 2.17 bits per heavy atom. The minimum Gasteiger partial charge on any atom is -0.380 e. The van der Waals surface area contributed by atoms with E-state index in [2.05, 4.69) is 15.6 Å². The fourth-order valence-electron chi connectivity index (χ4n) is 2.46. The number of rotatable bonds is 4. The Labute approximate surface area is 135 Å². The number of benzene rings is 1. The monoisotopic (exact) mass is 339 g/mol. The Hall–Kier alpha value is -1.90. The van der Waals surface area contributed by atoms with Crippen LogP contribution in [0.4, 0.5) is 13.9 Å². The number of carbonyl (C=O) groups is 1. The molecule has 2 aromatic rings. The van der Waals surface area contributed by atoms with Gasteiger partial charge in [-0.25, -0.2) is 13.8 Å². The van der Waals surface area contributed by atoms with E-state index in [-0.39, 0.29) is 29.3 Å². The number of amides is 1. The van der Waals surface area contributed by atoms with Crippen LogP contribution in [0.3, 0.4) is 0 Å². The lowest BCUT2D eigenvalue weighted by Crippen LogP contribution is -2.35. The number of thiazole rings is 1. The summed E-state index contributed by atoms with van der Waals surface area (Å²) in [5.41, 5.74) is -0.0299. The number of methoxy groups -OCH3 is 1. The van der Waals surface area contributed by atoms with Crippen LogP contribution in [0.5, 0.6) is 0 Å². The van der Waals surface area contributed by atoms with Gasteiger partial charge in [-0.15, -0.1) is 11.3 Å². The molecule has 0 unspecified atom stereocenters. The summed E-state index contributed by atoms with van der Waals surface area (Å²) < 4.78 is 32.7. The normalized spacial score (nSPS) is 20.7. The van der Waals surface area contributed by atoms with Crippen LogP contribution < -0.4 is 10.6 Å². The maximum atomic E-state index is 13.7. The van der Waals surface area contributed by atoms with E-state index in [0.717, 1.165) is 11.3 Å². The smallest absolute Gasteiger partial charge is 0.243 e. The van der Waals surface area contributed by atoms with E-state index >= 15 is 0 Å².